The highest BCUT2D eigenvalue weighted by molar-refractivity contribution is 5.95. The van der Waals surface area contributed by atoms with E-state index >= 15 is 0 Å². The number of hydrogen-bond acceptors (Lipinski definition) is 2. The summed E-state index contributed by atoms with van der Waals surface area (Å²) >= 11 is 0. The molecule has 2 N–H and O–H groups in total. The molecule has 4 heteroatoms. The van der Waals surface area contributed by atoms with E-state index in [0.717, 1.165) is 11.1 Å². The highest BCUT2D eigenvalue weighted by atomic mass is 19.1. The van der Waals surface area contributed by atoms with Crippen molar-refractivity contribution in [2.45, 2.75) is 20.0 Å². The lowest BCUT2D eigenvalue weighted by atomic mass is 10.1. The molecule has 0 saturated heterocycles. The largest absolute Gasteiger partial charge is 0.398 e. The molecule has 0 saturated carbocycles. The van der Waals surface area contributed by atoms with E-state index in [1.54, 1.807) is 17.9 Å². The lowest BCUT2D eigenvalue weighted by Gasteiger charge is -2.16. The standard InChI is InChI=1S/C16H15FN2O/c1-10-14(17)6-13(7-15(10)18)16(20)19-8-11-4-2-3-5-12(11)9-19/h2-7H,8-9,18H2,1H3. The van der Waals surface area contributed by atoms with Gasteiger partial charge in [-0.25, -0.2) is 4.39 Å². The maximum atomic E-state index is 13.7. The van der Waals surface area contributed by atoms with Crippen LogP contribution in [0.2, 0.25) is 0 Å². The van der Waals surface area contributed by atoms with Gasteiger partial charge in [0, 0.05) is 29.9 Å². The number of rotatable bonds is 1. The lowest BCUT2D eigenvalue weighted by Crippen LogP contribution is -2.25. The average Bonchev–Trinajstić information content (AvgIpc) is 2.87. The molecule has 0 bridgehead atoms. The van der Waals surface area contributed by atoms with E-state index < -0.39 is 5.82 Å². The van der Waals surface area contributed by atoms with Crippen molar-refractivity contribution in [3.63, 3.8) is 0 Å². The normalized spacial score (nSPS) is 13.4. The molecule has 2 aromatic rings. The summed E-state index contributed by atoms with van der Waals surface area (Å²) in [7, 11) is 0. The maximum Gasteiger partial charge on any atom is 0.254 e. The molecule has 20 heavy (non-hydrogen) atoms. The minimum atomic E-state index is -0.440. The third-order valence-corrected chi connectivity index (χ3v) is 3.76. The molecule has 1 heterocycles. The smallest absolute Gasteiger partial charge is 0.254 e. The minimum absolute atomic E-state index is 0.188. The van der Waals surface area contributed by atoms with Crippen LogP contribution in [0.3, 0.4) is 0 Å². The number of amides is 1. The van der Waals surface area contributed by atoms with E-state index in [-0.39, 0.29) is 5.91 Å². The second-order valence-electron chi connectivity index (χ2n) is 5.10. The second kappa shape index (κ2) is 4.63. The Morgan fingerprint density at radius 3 is 2.35 bits per heavy atom. The molecular formula is C16H15FN2O. The van der Waals surface area contributed by atoms with E-state index in [4.69, 9.17) is 5.73 Å². The molecule has 0 radical (unpaired) electrons. The number of halogens is 1. The Morgan fingerprint density at radius 2 is 1.80 bits per heavy atom. The van der Waals surface area contributed by atoms with Crippen molar-refractivity contribution in [3.8, 4) is 0 Å². The van der Waals surface area contributed by atoms with Gasteiger partial charge in [0.2, 0.25) is 0 Å². The predicted octanol–water partition coefficient (Wildman–Crippen LogP) is 2.87. The van der Waals surface area contributed by atoms with Crippen LogP contribution in [0.15, 0.2) is 36.4 Å². The van der Waals surface area contributed by atoms with Crippen molar-refractivity contribution >= 4 is 11.6 Å². The Hall–Kier alpha value is -2.36. The van der Waals surface area contributed by atoms with E-state index in [9.17, 15) is 9.18 Å². The zero-order valence-corrected chi connectivity index (χ0v) is 11.2. The number of nitrogens with two attached hydrogens (primary N) is 1. The molecule has 1 amide bonds. The lowest BCUT2D eigenvalue weighted by molar-refractivity contribution is 0.0751. The molecule has 3 nitrogen and oxygen atoms in total. The van der Waals surface area contributed by atoms with Gasteiger partial charge in [0.05, 0.1) is 0 Å². The van der Waals surface area contributed by atoms with E-state index in [0.29, 0.717) is 29.9 Å². The number of hydrogen-bond donors (Lipinski definition) is 1. The summed E-state index contributed by atoms with van der Waals surface area (Å²) in [6, 6.07) is 10.7. The van der Waals surface area contributed by atoms with Crippen LogP contribution in [0.1, 0.15) is 27.0 Å². The molecule has 0 aromatic heterocycles. The molecular weight excluding hydrogens is 255 g/mol. The molecule has 0 fully saturated rings. The molecule has 3 rings (SSSR count). The van der Waals surface area contributed by atoms with E-state index in [1.807, 2.05) is 24.3 Å². The monoisotopic (exact) mass is 270 g/mol. The topological polar surface area (TPSA) is 46.3 Å². The van der Waals surface area contributed by atoms with Gasteiger partial charge in [-0.15, -0.1) is 0 Å². The summed E-state index contributed by atoms with van der Waals surface area (Å²) in [5, 5.41) is 0. The van der Waals surface area contributed by atoms with Crippen molar-refractivity contribution in [3.05, 3.63) is 64.5 Å². The van der Waals surface area contributed by atoms with Crippen LogP contribution in [-0.4, -0.2) is 10.8 Å². The molecule has 2 aromatic carbocycles. The van der Waals surface area contributed by atoms with Gasteiger partial charge in [-0.2, -0.15) is 0 Å². The number of benzene rings is 2. The number of anilines is 1. The van der Waals surface area contributed by atoms with Crippen LogP contribution >= 0.6 is 0 Å². The minimum Gasteiger partial charge on any atom is -0.398 e. The average molecular weight is 270 g/mol. The van der Waals surface area contributed by atoms with Gasteiger partial charge in [-0.05, 0) is 30.2 Å². The van der Waals surface area contributed by atoms with Gasteiger partial charge >= 0.3 is 0 Å². The first-order chi connectivity index (χ1) is 9.56. The molecule has 102 valence electrons. The fourth-order valence-corrected chi connectivity index (χ4v) is 2.48. The first kappa shape index (κ1) is 12.7. The van der Waals surface area contributed by atoms with Gasteiger partial charge < -0.3 is 10.6 Å². The van der Waals surface area contributed by atoms with Crippen LogP contribution in [0.5, 0.6) is 0 Å². The number of fused-ring (bicyclic) bond motifs is 1. The summed E-state index contributed by atoms with van der Waals surface area (Å²) in [6.07, 6.45) is 0. The third kappa shape index (κ3) is 2.03. The number of carbonyl (C=O) groups is 1. The molecule has 0 aliphatic carbocycles. The summed E-state index contributed by atoms with van der Waals surface area (Å²) in [6.45, 7) is 2.72. The van der Waals surface area contributed by atoms with Crippen LogP contribution < -0.4 is 5.73 Å². The SMILES string of the molecule is Cc1c(N)cc(C(=O)N2Cc3ccccc3C2)cc1F. The van der Waals surface area contributed by atoms with Crippen molar-refractivity contribution in [2.24, 2.45) is 0 Å². The molecule has 1 aliphatic rings. The summed E-state index contributed by atoms with van der Waals surface area (Å²) in [4.78, 5) is 14.1. The molecule has 0 atom stereocenters. The summed E-state index contributed by atoms with van der Waals surface area (Å²) < 4.78 is 13.7. The first-order valence-corrected chi connectivity index (χ1v) is 6.48. The Morgan fingerprint density at radius 1 is 1.20 bits per heavy atom. The van der Waals surface area contributed by atoms with Gasteiger partial charge in [-0.1, -0.05) is 24.3 Å². The number of carbonyl (C=O) groups excluding carboxylic acids is 1. The van der Waals surface area contributed by atoms with E-state index in [2.05, 4.69) is 0 Å². The van der Waals surface area contributed by atoms with Crippen LogP contribution in [0.25, 0.3) is 0 Å². The zero-order chi connectivity index (χ0) is 14.3. The fraction of sp³-hybridized carbons (Fsp3) is 0.188. The Labute approximate surface area is 116 Å². The van der Waals surface area contributed by atoms with Crippen molar-refractivity contribution in [1.82, 2.24) is 4.90 Å². The summed E-state index contributed by atoms with van der Waals surface area (Å²) in [5.74, 6) is -0.628. The molecule has 0 spiro atoms. The van der Waals surface area contributed by atoms with Crippen LogP contribution in [-0.2, 0) is 13.1 Å². The van der Waals surface area contributed by atoms with Crippen LogP contribution in [0.4, 0.5) is 10.1 Å². The van der Waals surface area contributed by atoms with Crippen molar-refractivity contribution in [1.29, 1.82) is 0 Å². The van der Waals surface area contributed by atoms with Gasteiger partial charge in [0.25, 0.3) is 5.91 Å². The first-order valence-electron chi connectivity index (χ1n) is 6.48. The fourth-order valence-electron chi connectivity index (χ4n) is 2.48. The number of nitrogen functional groups attached to an aromatic ring is 1. The van der Waals surface area contributed by atoms with Crippen molar-refractivity contribution < 1.29 is 9.18 Å². The van der Waals surface area contributed by atoms with Crippen molar-refractivity contribution in [2.75, 3.05) is 5.73 Å². The Bertz CT molecular complexity index is 649. The van der Waals surface area contributed by atoms with Gasteiger partial charge in [0.15, 0.2) is 0 Å². The second-order valence-corrected chi connectivity index (χ2v) is 5.10. The van der Waals surface area contributed by atoms with Gasteiger partial charge in [-0.3, -0.25) is 4.79 Å². The zero-order valence-electron chi connectivity index (χ0n) is 11.2. The van der Waals surface area contributed by atoms with Gasteiger partial charge in [0.1, 0.15) is 5.82 Å². The number of nitrogens with zero attached hydrogens (tertiary/aromatic N) is 1. The highest BCUT2D eigenvalue weighted by Crippen LogP contribution is 2.25. The Kier molecular flexibility index (Phi) is 2.93. The highest BCUT2D eigenvalue weighted by Gasteiger charge is 2.24. The van der Waals surface area contributed by atoms with Crippen LogP contribution in [0, 0.1) is 12.7 Å². The summed E-state index contributed by atoms with van der Waals surface area (Å²) in [5.41, 5.74) is 9.01. The maximum absolute atomic E-state index is 13.7. The van der Waals surface area contributed by atoms with E-state index in [1.165, 1.54) is 6.07 Å². The molecule has 0 unspecified atom stereocenters. The molecule has 1 aliphatic heterocycles. The third-order valence-electron chi connectivity index (χ3n) is 3.76. The quantitative estimate of drug-likeness (QED) is 0.810. The Balaban J connectivity index is 1.88. The predicted molar refractivity (Wildman–Crippen MR) is 75.6 cm³/mol.